The van der Waals surface area contributed by atoms with Crippen LogP contribution in [0.5, 0.6) is 0 Å². The van der Waals surface area contributed by atoms with Crippen LogP contribution in [0.15, 0.2) is 60.7 Å². The summed E-state index contributed by atoms with van der Waals surface area (Å²) in [6.07, 6.45) is -0.831. The Morgan fingerprint density at radius 2 is 1.68 bits per heavy atom. The Morgan fingerprint density at radius 1 is 1.08 bits per heavy atom. The Labute approximate surface area is 147 Å². The number of benzene rings is 2. The highest BCUT2D eigenvalue weighted by Gasteiger charge is 2.19. The standard InChI is InChI=1S/C20H21N3O2/c1-14-18(19(23(3)22-14)17-12-8-5-9-13-17)21-20(24)25-15(2)16-10-6-4-7-11-16/h4-13,15H,1-3H3,(H,21,24)/t15-/m1/s1. The molecular formula is C20H21N3O2. The van der Waals surface area contributed by atoms with Crippen molar-refractivity contribution in [2.45, 2.75) is 20.0 Å². The lowest BCUT2D eigenvalue weighted by Crippen LogP contribution is -2.16. The van der Waals surface area contributed by atoms with E-state index in [0.29, 0.717) is 5.69 Å². The number of aromatic nitrogens is 2. The fourth-order valence-electron chi connectivity index (χ4n) is 2.82. The van der Waals surface area contributed by atoms with E-state index >= 15 is 0 Å². The number of hydrogen-bond acceptors (Lipinski definition) is 3. The van der Waals surface area contributed by atoms with Gasteiger partial charge in [-0.3, -0.25) is 10.00 Å². The number of ether oxygens (including phenoxy) is 1. The average molecular weight is 335 g/mol. The summed E-state index contributed by atoms with van der Waals surface area (Å²) in [5.74, 6) is 0. The van der Waals surface area contributed by atoms with E-state index < -0.39 is 6.09 Å². The van der Waals surface area contributed by atoms with E-state index in [0.717, 1.165) is 22.5 Å². The number of nitrogens with one attached hydrogen (secondary N) is 1. The maximum absolute atomic E-state index is 12.4. The lowest BCUT2D eigenvalue weighted by Gasteiger charge is -2.15. The summed E-state index contributed by atoms with van der Waals surface area (Å²) in [6, 6.07) is 19.5. The molecule has 0 radical (unpaired) electrons. The summed E-state index contributed by atoms with van der Waals surface area (Å²) < 4.78 is 7.27. The molecule has 1 amide bonds. The second-order valence-corrected chi connectivity index (χ2v) is 5.88. The van der Waals surface area contributed by atoms with Crippen molar-refractivity contribution in [2.75, 3.05) is 5.32 Å². The van der Waals surface area contributed by atoms with Crippen molar-refractivity contribution >= 4 is 11.8 Å². The van der Waals surface area contributed by atoms with Gasteiger partial charge in [-0.2, -0.15) is 5.10 Å². The van der Waals surface area contributed by atoms with Gasteiger partial charge in [0.05, 0.1) is 17.1 Å². The smallest absolute Gasteiger partial charge is 0.412 e. The molecule has 1 atom stereocenters. The van der Waals surface area contributed by atoms with Gasteiger partial charge in [-0.25, -0.2) is 4.79 Å². The molecule has 0 aliphatic carbocycles. The van der Waals surface area contributed by atoms with Crippen molar-refractivity contribution in [3.8, 4) is 11.3 Å². The average Bonchev–Trinajstić information content (AvgIpc) is 2.89. The maximum Gasteiger partial charge on any atom is 0.412 e. The highest BCUT2D eigenvalue weighted by molar-refractivity contribution is 5.91. The van der Waals surface area contributed by atoms with Gasteiger partial charge in [0, 0.05) is 12.6 Å². The van der Waals surface area contributed by atoms with Crippen LogP contribution in [0.3, 0.4) is 0 Å². The van der Waals surface area contributed by atoms with Crippen molar-refractivity contribution in [1.82, 2.24) is 9.78 Å². The summed E-state index contributed by atoms with van der Waals surface area (Å²) in [4.78, 5) is 12.4. The van der Waals surface area contributed by atoms with Crippen LogP contribution in [0.2, 0.25) is 0 Å². The molecule has 0 saturated heterocycles. The molecule has 0 fully saturated rings. The molecule has 0 saturated carbocycles. The van der Waals surface area contributed by atoms with Crippen LogP contribution < -0.4 is 5.32 Å². The number of nitrogens with zero attached hydrogens (tertiary/aromatic N) is 2. The first-order chi connectivity index (χ1) is 12.1. The Morgan fingerprint density at radius 3 is 2.32 bits per heavy atom. The van der Waals surface area contributed by atoms with Gasteiger partial charge in [0.25, 0.3) is 0 Å². The molecule has 0 unspecified atom stereocenters. The van der Waals surface area contributed by atoms with E-state index in [9.17, 15) is 4.79 Å². The van der Waals surface area contributed by atoms with Crippen LogP contribution in [0.4, 0.5) is 10.5 Å². The predicted octanol–water partition coefficient (Wildman–Crippen LogP) is 4.71. The Balaban J connectivity index is 1.80. The third kappa shape index (κ3) is 3.71. The fraction of sp³-hybridized carbons (Fsp3) is 0.200. The monoisotopic (exact) mass is 335 g/mol. The van der Waals surface area contributed by atoms with Crippen molar-refractivity contribution in [2.24, 2.45) is 7.05 Å². The molecule has 1 heterocycles. The van der Waals surface area contributed by atoms with Crippen LogP contribution >= 0.6 is 0 Å². The first-order valence-corrected chi connectivity index (χ1v) is 8.18. The zero-order valence-electron chi connectivity index (χ0n) is 14.6. The third-order valence-corrected chi connectivity index (χ3v) is 4.05. The van der Waals surface area contributed by atoms with E-state index in [1.54, 1.807) is 4.68 Å². The Bertz CT molecular complexity index is 857. The summed E-state index contributed by atoms with van der Waals surface area (Å²) in [5.41, 5.74) is 4.19. The normalized spacial score (nSPS) is 11.8. The van der Waals surface area contributed by atoms with Gasteiger partial charge in [0.15, 0.2) is 0 Å². The SMILES string of the molecule is Cc1nn(C)c(-c2ccccc2)c1NC(=O)O[C@H](C)c1ccccc1. The molecule has 0 spiro atoms. The number of amides is 1. The fourth-order valence-corrected chi connectivity index (χ4v) is 2.82. The van der Waals surface area contributed by atoms with E-state index in [4.69, 9.17) is 4.74 Å². The lowest BCUT2D eigenvalue weighted by molar-refractivity contribution is 0.121. The number of anilines is 1. The van der Waals surface area contributed by atoms with Crippen molar-refractivity contribution in [1.29, 1.82) is 0 Å². The van der Waals surface area contributed by atoms with Gasteiger partial charge in [-0.05, 0) is 19.4 Å². The second kappa shape index (κ2) is 7.21. The minimum Gasteiger partial charge on any atom is -0.441 e. The molecule has 1 N–H and O–H groups in total. The van der Waals surface area contributed by atoms with Crippen LogP contribution in [0.25, 0.3) is 11.3 Å². The Kier molecular flexibility index (Phi) is 4.84. The van der Waals surface area contributed by atoms with Gasteiger partial charge < -0.3 is 4.74 Å². The molecule has 1 aromatic heterocycles. The number of hydrogen-bond donors (Lipinski definition) is 1. The third-order valence-electron chi connectivity index (χ3n) is 4.05. The van der Waals surface area contributed by atoms with Gasteiger partial charge >= 0.3 is 6.09 Å². The maximum atomic E-state index is 12.4. The molecule has 5 heteroatoms. The van der Waals surface area contributed by atoms with Crippen LogP contribution in [0.1, 0.15) is 24.3 Å². The van der Waals surface area contributed by atoms with E-state index in [1.165, 1.54) is 0 Å². The zero-order valence-corrected chi connectivity index (χ0v) is 14.6. The summed E-state index contributed by atoms with van der Waals surface area (Å²) in [5, 5.41) is 7.28. The second-order valence-electron chi connectivity index (χ2n) is 5.88. The molecule has 0 bridgehead atoms. The molecule has 0 aliphatic heterocycles. The first kappa shape index (κ1) is 16.8. The van der Waals surface area contributed by atoms with Gasteiger partial charge in [0.1, 0.15) is 6.10 Å². The highest BCUT2D eigenvalue weighted by Crippen LogP contribution is 2.30. The largest absolute Gasteiger partial charge is 0.441 e. The van der Waals surface area contributed by atoms with Crippen molar-refractivity contribution in [3.05, 3.63) is 71.9 Å². The number of rotatable bonds is 4. The van der Waals surface area contributed by atoms with Crippen LogP contribution in [-0.2, 0) is 11.8 Å². The number of aryl methyl sites for hydroxylation is 2. The molecule has 2 aromatic carbocycles. The van der Waals surface area contributed by atoms with Gasteiger partial charge in [-0.1, -0.05) is 60.7 Å². The van der Waals surface area contributed by atoms with Gasteiger partial charge in [0.2, 0.25) is 0 Å². The first-order valence-electron chi connectivity index (χ1n) is 8.18. The van der Waals surface area contributed by atoms with Gasteiger partial charge in [-0.15, -0.1) is 0 Å². The van der Waals surface area contributed by atoms with Crippen LogP contribution in [-0.4, -0.2) is 15.9 Å². The number of carbonyl (C=O) groups is 1. The highest BCUT2D eigenvalue weighted by atomic mass is 16.6. The molecule has 128 valence electrons. The quantitative estimate of drug-likeness (QED) is 0.751. The number of carbonyl (C=O) groups excluding carboxylic acids is 1. The molecule has 3 rings (SSSR count). The summed E-state index contributed by atoms with van der Waals surface area (Å²) >= 11 is 0. The minimum atomic E-state index is -0.496. The van der Waals surface area contributed by atoms with Crippen molar-refractivity contribution in [3.63, 3.8) is 0 Å². The molecule has 3 aromatic rings. The molecular weight excluding hydrogens is 314 g/mol. The topological polar surface area (TPSA) is 56.2 Å². The summed E-state index contributed by atoms with van der Waals surface area (Å²) in [6.45, 7) is 3.71. The molecule has 0 aliphatic rings. The van der Waals surface area contributed by atoms with Crippen LogP contribution in [0, 0.1) is 6.92 Å². The molecule has 25 heavy (non-hydrogen) atoms. The zero-order chi connectivity index (χ0) is 17.8. The molecule has 5 nitrogen and oxygen atoms in total. The predicted molar refractivity (Wildman–Crippen MR) is 98.3 cm³/mol. The van der Waals surface area contributed by atoms with Crippen molar-refractivity contribution < 1.29 is 9.53 Å². The van der Waals surface area contributed by atoms with E-state index in [1.807, 2.05) is 81.6 Å². The van der Waals surface area contributed by atoms with E-state index in [2.05, 4.69) is 10.4 Å². The Hall–Kier alpha value is -3.08. The minimum absolute atomic E-state index is 0.335. The summed E-state index contributed by atoms with van der Waals surface area (Å²) in [7, 11) is 1.86. The van der Waals surface area contributed by atoms with E-state index in [-0.39, 0.29) is 6.10 Å². The lowest BCUT2D eigenvalue weighted by atomic mass is 10.1.